The Kier molecular flexibility index (Phi) is 8.70. The first kappa shape index (κ1) is 21.0. The smallest absolute Gasteiger partial charge is 0.185 e. The second kappa shape index (κ2) is 10.8. The summed E-state index contributed by atoms with van der Waals surface area (Å²) in [6.07, 6.45) is 16.3. The Morgan fingerprint density at radius 1 is 0.885 bits per heavy atom. The number of nitrogens with zero attached hydrogens (tertiary/aromatic N) is 2. The summed E-state index contributed by atoms with van der Waals surface area (Å²) in [6.45, 7) is 0. The Bertz CT molecular complexity index is 462. The summed E-state index contributed by atoms with van der Waals surface area (Å²) in [6, 6.07) is 0.650. The van der Waals surface area contributed by atoms with Gasteiger partial charge in [-0.05, 0) is 38.5 Å². The van der Waals surface area contributed by atoms with Gasteiger partial charge in [-0.2, -0.15) is 4.33 Å². The fourth-order valence-electron chi connectivity index (χ4n) is 4.73. The van der Waals surface area contributed by atoms with E-state index in [-0.39, 0.29) is 31.6 Å². The third-order valence-electron chi connectivity index (χ3n) is 6.22. The van der Waals surface area contributed by atoms with Crippen molar-refractivity contribution in [3.05, 3.63) is 4.72 Å². The molecule has 0 bridgehead atoms. The van der Waals surface area contributed by atoms with E-state index >= 15 is 0 Å². The van der Waals surface area contributed by atoms with E-state index < -0.39 is 0 Å². The summed E-state index contributed by atoms with van der Waals surface area (Å²) < 4.78 is 16.3. The summed E-state index contributed by atoms with van der Waals surface area (Å²) >= 11 is 1.13. The monoisotopic (exact) mass is 431 g/mol. The zero-order valence-corrected chi connectivity index (χ0v) is 19.6. The topological polar surface area (TPSA) is 54.2 Å². The molecule has 0 saturated heterocycles. The minimum atomic E-state index is 0. The van der Waals surface area contributed by atoms with E-state index in [1.807, 2.05) is 0 Å². The molecule has 26 heavy (non-hydrogen) atoms. The van der Waals surface area contributed by atoms with Crippen LogP contribution >= 0.6 is 12.2 Å². The first-order valence-electron chi connectivity index (χ1n) is 10.3. The van der Waals surface area contributed by atoms with Crippen LogP contribution in [-0.4, -0.2) is 30.2 Å². The molecule has 7 heteroatoms. The van der Waals surface area contributed by atoms with Gasteiger partial charge in [-0.3, -0.25) is 0 Å². The maximum Gasteiger partial charge on any atom is 0.185 e. The zero-order chi connectivity index (χ0) is 16.9. The Labute approximate surface area is 174 Å². The van der Waals surface area contributed by atoms with Crippen molar-refractivity contribution in [3.63, 3.8) is 0 Å². The van der Waals surface area contributed by atoms with Crippen LogP contribution in [0.15, 0.2) is 4.99 Å². The molecule has 144 valence electrons. The van der Waals surface area contributed by atoms with Gasteiger partial charge >= 0.3 is 0 Å². The summed E-state index contributed by atoms with van der Waals surface area (Å²) in [4.78, 5) is 10.5. The molecule has 4 atom stereocenters. The van der Waals surface area contributed by atoms with Crippen LogP contribution in [0.2, 0.25) is 0 Å². The van der Waals surface area contributed by atoms with Crippen LogP contribution in [0.5, 0.6) is 0 Å². The van der Waals surface area contributed by atoms with E-state index in [0.29, 0.717) is 18.1 Å². The molecule has 3 saturated carbocycles. The van der Waals surface area contributed by atoms with Crippen LogP contribution in [0, 0.1) is 5.92 Å². The molecule has 0 aromatic heterocycles. The SMILES string of the molecule is C1CCC(OOS[N-]C2CCCCC2C2=NC3CCCCC3O2)CC1.[Zn]. The van der Waals surface area contributed by atoms with Crippen LogP contribution in [-0.2, 0) is 33.4 Å². The van der Waals surface area contributed by atoms with Crippen molar-refractivity contribution in [2.45, 2.75) is 108 Å². The molecule has 1 heterocycles. The van der Waals surface area contributed by atoms with E-state index in [0.717, 1.165) is 43.8 Å². The summed E-state index contributed by atoms with van der Waals surface area (Å²) in [7, 11) is 0. The van der Waals surface area contributed by atoms with Gasteiger partial charge in [-0.1, -0.05) is 57.2 Å². The Hall–Kier alpha value is 0.323. The third kappa shape index (κ3) is 5.44. The normalized spacial score (nSPS) is 35.2. The molecular formula is C19H31N2O3SZn-. The molecule has 4 rings (SSSR count). The Morgan fingerprint density at radius 2 is 1.62 bits per heavy atom. The Balaban J connectivity index is 0.00000196. The van der Waals surface area contributed by atoms with E-state index in [1.165, 1.54) is 57.8 Å². The molecule has 0 amide bonds. The van der Waals surface area contributed by atoms with Gasteiger partial charge in [0.25, 0.3) is 0 Å². The van der Waals surface area contributed by atoms with E-state index in [1.54, 1.807) is 0 Å². The van der Waals surface area contributed by atoms with Gasteiger partial charge in [-0.25, -0.2) is 9.88 Å². The maximum absolute atomic E-state index is 6.25. The van der Waals surface area contributed by atoms with Crippen molar-refractivity contribution in [2.75, 3.05) is 0 Å². The first-order chi connectivity index (χ1) is 12.4. The van der Waals surface area contributed by atoms with E-state index in [9.17, 15) is 0 Å². The fraction of sp³-hybridized carbons (Fsp3) is 0.947. The molecule has 4 aliphatic rings. The summed E-state index contributed by atoms with van der Waals surface area (Å²) in [5.41, 5.74) is 0. The first-order valence-corrected chi connectivity index (χ1v) is 11.0. The standard InChI is InChI=1S/C19H31N2O3S.Zn/c1-2-8-14(9-3-1)23-24-25-21-16-11-5-4-10-15(16)19-20-17-12-6-7-13-18(17)22-19;/h14-18H,1-13H2;/q-1;. The molecular weight excluding hydrogens is 402 g/mol. The summed E-state index contributed by atoms with van der Waals surface area (Å²) in [5.74, 6) is 1.32. The molecule has 0 radical (unpaired) electrons. The van der Waals surface area contributed by atoms with Crippen molar-refractivity contribution in [2.24, 2.45) is 10.9 Å². The molecule has 0 aromatic rings. The predicted molar refractivity (Wildman–Crippen MR) is 100 cm³/mol. The van der Waals surface area contributed by atoms with Crippen LogP contribution in [0.4, 0.5) is 0 Å². The van der Waals surface area contributed by atoms with Crippen LogP contribution in [0.1, 0.15) is 83.5 Å². The van der Waals surface area contributed by atoms with Gasteiger partial charge in [0.05, 0.1) is 12.1 Å². The second-order valence-corrected chi connectivity index (χ2v) is 8.53. The van der Waals surface area contributed by atoms with Gasteiger partial charge in [0, 0.05) is 25.4 Å². The summed E-state index contributed by atoms with van der Waals surface area (Å²) in [5, 5.41) is 0. The average Bonchev–Trinajstić information content (AvgIpc) is 3.10. The van der Waals surface area contributed by atoms with E-state index in [4.69, 9.17) is 23.7 Å². The van der Waals surface area contributed by atoms with Crippen molar-refractivity contribution in [1.82, 2.24) is 0 Å². The van der Waals surface area contributed by atoms with Crippen molar-refractivity contribution < 1.29 is 33.4 Å². The Morgan fingerprint density at radius 3 is 2.46 bits per heavy atom. The van der Waals surface area contributed by atoms with Crippen molar-refractivity contribution in [3.8, 4) is 0 Å². The predicted octanol–water partition coefficient (Wildman–Crippen LogP) is 5.50. The molecule has 1 aliphatic heterocycles. The van der Waals surface area contributed by atoms with Gasteiger partial charge in [-0.15, -0.1) is 6.04 Å². The second-order valence-electron chi connectivity index (χ2n) is 8.04. The number of ether oxygens (including phenoxy) is 1. The largest absolute Gasteiger partial charge is 0.575 e. The molecule has 3 fully saturated rings. The molecule has 0 spiro atoms. The number of rotatable bonds is 6. The molecule has 0 N–H and O–H groups in total. The van der Waals surface area contributed by atoms with Crippen LogP contribution in [0.25, 0.3) is 4.72 Å². The van der Waals surface area contributed by atoms with Crippen LogP contribution < -0.4 is 0 Å². The van der Waals surface area contributed by atoms with Gasteiger partial charge in [0.2, 0.25) is 0 Å². The number of aliphatic imine (C=N–C) groups is 1. The maximum atomic E-state index is 6.25. The minimum absolute atomic E-state index is 0. The van der Waals surface area contributed by atoms with Crippen molar-refractivity contribution >= 4 is 18.1 Å². The number of hydrogen-bond acceptors (Lipinski definition) is 5. The third-order valence-corrected chi connectivity index (χ3v) is 6.71. The minimum Gasteiger partial charge on any atom is -0.575 e. The molecule has 3 aliphatic carbocycles. The molecule has 0 aromatic carbocycles. The average molecular weight is 433 g/mol. The number of hydrogen-bond donors (Lipinski definition) is 0. The van der Waals surface area contributed by atoms with E-state index in [2.05, 4.69) is 0 Å². The van der Waals surface area contributed by atoms with Gasteiger partial charge < -0.3 is 9.46 Å². The molecule has 4 unspecified atom stereocenters. The van der Waals surface area contributed by atoms with Gasteiger partial charge in [0.15, 0.2) is 5.90 Å². The van der Waals surface area contributed by atoms with Crippen molar-refractivity contribution in [1.29, 1.82) is 0 Å². The van der Waals surface area contributed by atoms with Crippen LogP contribution in [0.3, 0.4) is 0 Å². The number of fused-ring (bicyclic) bond motifs is 1. The zero-order valence-electron chi connectivity index (χ0n) is 15.8. The quantitative estimate of drug-likeness (QED) is 0.139. The fourth-order valence-corrected chi connectivity index (χ4v) is 5.27. The van der Waals surface area contributed by atoms with Gasteiger partial charge in [0.1, 0.15) is 6.10 Å². The molecule has 5 nitrogen and oxygen atoms in total.